The molecule has 3 nitrogen and oxygen atoms in total. The zero-order valence-corrected chi connectivity index (χ0v) is 15.2. The Labute approximate surface area is 145 Å². The van der Waals surface area contributed by atoms with Crippen molar-refractivity contribution in [3.05, 3.63) is 23.4 Å². The second-order valence-electron chi connectivity index (χ2n) is 9.29. The lowest BCUT2D eigenvalue weighted by Crippen LogP contribution is -2.50. The Hall–Kier alpha value is -1.09. The summed E-state index contributed by atoms with van der Waals surface area (Å²) in [4.78, 5) is 12.1. The lowest BCUT2D eigenvalue weighted by Gasteiger charge is -2.56. The second-order valence-corrected chi connectivity index (χ2v) is 9.29. The van der Waals surface area contributed by atoms with E-state index >= 15 is 0 Å². The number of hydrogen-bond acceptors (Lipinski definition) is 3. The smallest absolute Gasteiger partial charge is 0.178 e. The van der Waals surface area contributed by atoms with Gasteiger partial charge in [-0.1, -0.05) is 26.0 Å². The lowest BCUT2D eigenvalue weighted by atomic mass is 9.48. The summed E-state index contributed by atoms with van der Waals surface area (Å²) in [5.74, 6) is 2.38. The lowest BCUT2D eigenvalue weighted by molar-refractivity contribution is -0.118. The molecule has 0 aromatic carbocycles. The van der Waals surface area contributed by atoms with Gasteiger partial charge in [0.2, 0.25) is 0 Å². The molecule has 0 aromatic heterocycles. The van der Waals surface area contributed by atoms with Crippen LogP contribution < -0.4 is 5.73 Å². The number of aliphatic hydroxyl groups excluding tert-OH is 1. The van der Waals surface area contributed by atoms with E-state index in [9.17, 15) is 9.90 Å². The van der Waals surface area contributed by atoms with E-state index in [-0.39, 0.29) is 22.7 Å². The van der Waals surface area contributed by atoms with Gasteiger partial charge in [0.05, 0.1) is 11.8 Å². The Bertz CT molecular complexity index is 634. The van der Waals surface area contributed by atoms with Crippen LogP contribution in [0.2, 0.25) is 0 Å². The maximum atomic E-state index is 12.1. The van der Waals surface area contributed by atoms with E-state index in [0.717, 1.165) is 18.4 Å². The monoisotopic (exact) mass is 329 g/mol. The number of carbonyl (C=O) groups is 1. The molecule has 24 heavy (non-hydrogen) atoms. The molecule has 0 spiro atoms. The first-order valence-corrected chi connectivity index (χ1v) is 9.69. The van der Waals surface area contributed by atoms with E-state index in [1.54, 1.807) is 0 Å². The van der Waals surface area contributed by atoms with Crippen LogP contribution in [0.3, 0.4) is 0 Å². The van der Waals surface area contributed by atoms with Crippen molar-refractivity contribution < 1.29 is 9.90 Å². The molecular weight excluding hydrogens is 298 g/mol. The van der Waals surface area contributed by atoms with E-state index in [1.165, 1.54) is 19.3 Å². The SMILES string of the molecule is CC(O)[C@H]1CC[C@H]2[C@@H]3C=CC4=C(N)C(=O)CC[C@]4(C)[C@H]3CC[C@]12C. The van der Waals surface area contributed by atoms with Crippen molar-refractivity contribution in [2.75, 3.05) is 0 Å². The highest BCUT2D eigenvalue weighted by atomic mass is 16.3. The highest BCUT2D eigenvalue weighted by molar-refractivity contribution is 5.97. The molecule has 0 aliphatic heterocycles. The second kappa shape index (κ2) is 5.20. The first kappa shape index (κ1) is 16.4. The molecule has 4 aliphatic carbocycles. The molecule has 0 bridgehead atoms. The average Bonchev–Trinajstić information content (AvgIpc) is 2.89. The van der Waals surface area contributed by atoms with Crippen LogP contribution in [0.5, 0.6) is 0 Å². The highest BCUT2D eigenvalue weighted by Crippen LogP contribution is 2.65. The van der Waals surface area contributed by atoms with Gasteiger partial charge in [-0.15, -0.1) is 0 Å². The van der Waals surface area contributed by atoms with Gasteiger partial charge in [0, 0.05) is 6.42 Å². The van der Waals surface area contributed by atoms with E-state index in [1.807, 2.05) is 6.92 Å². The number of aliphatic hydroxyl groups is 1. The molecule has 7 atom stereocenters. The summed E-state index contributed by atoms with van der Waals surface area (Å²) in [7, 11) is 0. The van der Waals surface area contributed by atoms with Crippen LogP contribution in [0.4, 0.5) is 0 Å². The number of fused-ring (bicyclic) bond motifs is 5. The van der Waals surface area contributed by atoms with Crippen molar-refractivity contribution >= 4 is 5.78 Å². The molecule has 0 radical (unpaired) electrons. The maximum Gasteiger partial charge on any atom is 0.178 e. The molecular formula is C21H31NO2. The number of Topliss-reactive ketones (excluding diaryl/α,β-unsaturated/α-hetero) is 1. The normalized spacial score (nSPS) is 48.8. The van der Waals surface area contributed by atoms with Crippen molar-refractivity contribution in [2.24, 2.45) is 40.2 Å². The minimum absolute atomic E-state index is 0.0572. The fourth-order valence-electron chi connectivity index (χ4n) is 7.01. The topological polar surface area (TPSA) is 63.3 Å². The van der Waals surface area contributed by atoms with E-state index in [4.69, 9.17) is 5.73 Å². The molecule has 0 saturated heterocycles. The van der Waals surface area contributed by atoms with Gasteiger partial charge < -0.3 is 10.8 Å². The maximum absolute atomic E-state index is 12.1. The largest absolute Gasteiger partial charge is 0.396 e. The van der Waals surface area contributed by atoms with Crippen LogP contribution in [0.25, 0.3) is 0 Å². The van der Waals surface area contributed by atoms with Gasteiger partial charge in [-0.05, 0) is 79.1 Å². The average molecular weight is 329 g/mol. The van der Waals surface area contributed by atoms with Crippen LogP contribution >= 0.6 is 0 Å². The molecule has 4 aliphatic rings. The zero-order chi connectivity index (χ0) is 17.3. The van der Waals surface area contributed by atoms with Gasteiger partial charge in [-0.25, -0.2) is 0 Å². The van der Waals surface area contributed by atoms with Gasteiger partial charge in [-0.2, -0.15) is 0 Å². The first-order valence-electron chi connectivity index (χ1n) is 9.69. The van der Waals surface area contributed by atoms with Gasteiger partial charge in [0.1, 0.15) is 0 Å². The number of nitrogens with two attached hydrogens (primary N) is 1. The molecule has 4 rings (SSSR count). The Morgan fingerprint density at radius 1 is 1.21 bits per heavy atom. The van der Waals surface area contributed by atoms with Crippen molar-refractivity contribution in [1.29, 1.82) is 0 Å². The molecule has 2 fully saturated rings. The van der Waals surface area contributed by atoms with Crippen LogP contribution in [0.15, 0.2) is 23.4 Å². The summed E-state index contributed by atoms with van der Waals surface area (Å²) in [5.41, 5.74) is 8.11. The third-order valence-electron chi connectivity index (χ3n) is 8.37. The predicted molar refractivity (Wildman–Crippen MR) is 94.9 cm³/mol. The van der Waals surface area contributed by atoms with Crippen molar-refractivity contribution in [2.45, 2.75) is 65.4 Å². The summed E-state index contributed by atoms with van der Waals surface area (Å²) >= 11 is 0. The Balaban J connectivity index is 1.74. The number of hydrogen-bond donors (Lipinski definition) is 2. The first-order chi connectivity index (χ1) is 11.3. The molecule has 0 heterocycles. The summed E-state index contributed by atoms with van der Waals surface area (Å²) in [6.07, 6.45) is 10.6. The molecule has 132 valence electrons. The fraction of sp³-hybridized carbons (Fsp3) is 0.762. The number of allylic oxidation sites excluding steroid dienone is 4. The van der Waals surface area contributed by atoms with Gasteiger partial charge >= 0.3 is 0 Å². The van der Waals surface area contributed by atoms with Gasteiger partial charge in [0.15, 0.2) is 5.78 Å². The fourth-order valence-corrected chi connectivity index (χ4v) is 7.01. The molecule has 1 unspecified atom stereocenters. The van der Waals surface area contributed by atoms with Crippen molar-refractivity contribution in [1.82, 2.24) is 0 Å². The third kappa shape index (κ3) is 1.97. The van der Waals surface area contributed by atoms with E-state index < -0.39 is 0 Å². The van der Waals surface area contributed by atoms with Gasteiger partial charge in [0.25, 0.3) is 0 Å². The molecule has 3 N–H and O–H groups in total. The summed E-state index contributed by atoms with van der Waals surface area (Å²) in [6, 6.07) is 0. The molecule has 0 amide bonds. The Kier molecular flexibility index (Phi) is 3.55. The van der Waals surface area contributed by atoms with E-state index in [0.29, 0.717) is 35.8 Å². The summed E-state index contributed by atoms with van der Waals surface area (Å²) in [6.45, 7) is 6.72. The third-order valence-corrected chi connectivity index (χ3v) is 8.37. The number of rotatable bonds is 1. The zero-order valence-electron chi connectivity index (χ0n) is 15.2. The van der Waals surface area contributed by atoms with Crippen molar-refractivity contribution in [3.63, 3.8) is 0 Å². The number of ketones is 1. The van der Waals surface area contributed by atoms with Crippen LogP contribution in [0, 0.1) is 34.5 Å². The molecule has 2 saturated carbocycles. The molecule has 3 heteroatoms. The van der Waals surface area contributed by atoms with Crippen LogP contribution in [0.1, 0.15) is 59.3 Å². The summed E-state index contributed by atoms with van der Waals surface area (Å²) in [5, 5.41) is 10.3. The van der Waals surface area contributed by atoms with Gasteiger partial charge in [-0.3, -0.25) is 4.79 Å². The van der Waals surface area contributed by atoms with Crippen LogP contribution in [-0.2, 0) is 4.79 Å². The quantitative estimate of drug-likeness (QED) is 0.773. The minimum Gasteiger partial charge on any atom is -0.396 e. The highest BCUT2D eigenvalue weighted by Gasteiger charge is 2.58. The van der Waals surface area contributed by atoms with E-state index in [2.05, 4.69) is 26.0 Å². The van der Waals surface area contributed by atoms with Crippen LogP contribution in [-0.4, -0.2) is 17.0 Å². The summed E-state index contributed by atoms with van der Waals surface area (Å²) < 4.78 is 0. The standard InChI is InChI=1S/C21H31NO2/c1-12(23)14-6-7-15-13-4-5-17-19(22)18(24)9-11-21(17,3)16(13)8-10-20(14,15)2/h4-5,12-16,23H,6-11,22H2,1-3H3/t12?,13-,14+,15-,16-,20+,21+/m0/s1. The number of carbonyl (C=O) groups excluding carboxylic acids is 1. The predicted octanol–water partition coefficient (Wildman–Crippen LogP) is 3.58. The minimum atomic E-state index is -0.210. The molecule has 0 aromatic rings. The Morgan fingerprint density at radius 3 is 2.67 bits per heavy atom. The Morgan fingerprint density at radius 2 is 1.96 bits per heavy atom. The van der Waals surface area contributed by atoms with Crippen molar-refractivity contribution in [3.8, 4) is 0 Å².